The maximum absolute atomic E-state index is 14.7. The summed E-state index contributed by atoms with van der Waals surface area (Å²) in [4.78, 5) is 7.02. The summed E-state index contributed by atoms with van der Waals surface area (Å²) < 4.78 is 46.2. The number of pyridine rings is 1. The molecule has 1 unspecified atom stereocenters. The minimum atomic E-state index is -3.19. The number of hydrogen-bond acceptors (Lipinski definition) is 5. The number of benzene rings is 2. The SMILES string of the molecule is Cc1nc(N2CCC(CNS(C)(=O)=O)C2)ccc1-c1ccc(F)c(COc2ccc3c(c2)C[C@H]2[C@H](C)[C@@H]32)c1. The smallest absolute Gasteiger partial charge is 0.208 e. The molecule has 38 heavy (non-hydrogen) atoms. The van der Waals surface area contributed by atoms with E-state index in [1.54, 1.807) is 6.07 Å². The van der Waals surface area contributed by atoms with Gasteiger partial charge in [-0.2, -0.15) is 0 Å². The fourth-order valence-corrected chi connectivity index (χ4v) is 6.86. The van der Waals surface area contributed by atoms with Crippen LogP contribution in [0.2, 0.25) is 0 Å². The molecule has 2 fully saturated rings. The van der Waals surface area contributed by atoms with Crippen LogP contribution in [0.15, 0.2) is 48.5 Å². The largest absolute Gasteiger partial charge is 0.489 e. The van der Waals surface area contributed by atoms with Crippen molar-refractivity contribution < 1.29 is 17.5 Å². The first-order valence-electron chi connectivity index (χ1n) is 13.4. The van der Waals surface area contributed by atoms with Gasteiger partial charge in [-0.3, -0.25) is 0 Å². The third kappa shape index (κ3) is 5.04. The molecule has 6 rings (SSSR count). The molecule has 1 aliphatic heterocycles. The van der Waals surface area contributed by atoms with Gasteiger partial charge in [0.2, 0.25) is 10.0 Å². The van der Waals surface area contributed by atoms with Gasteiger partial charge < -0.3 is 9.64 Å². The molecular formula is C30H34FN3O3S. The van der Waals surface area contributed by atoms with E-state index < -0.39 is 10.0 Å². The van der Waals surface area contributed by atoms with Crippen LogP contribution in [0, 0.1) is 30.5 Å². The molecule has 200 valence electrons. The lowest BCUT2D eigenvalue weighted by molar-refractivity contribution is 0.299. The quantitative estimate of drug-likeness (QED) is 0.437. The van der Waals surface area contributed by atoms with E-state index in [2.05, 4.69) is 28.7 Å². The van der Waals surface area contributed by atoms with E-state index in [4.69, 9.17) is 9.72 Å². The number of aromatic nitrogens is 1. The Bertz CT molecular complexity index is 1490. The van der Waals surface area contributed by atoms with E-state index in [1.807, 2.05) is 31.2 Å². The minimum Gasteiger partial charge on any atom is -0.489 e. The molecule has 1 aromatic heterocycles. The maximum atomic E-state index is 14.7. The highest BCUT2D eigenvalue weighted by atomic mass is 32.2. The Morgan fingerprint density at radius 3 is 2.79 bits per heavy atom. The monoisotopic (exact) mass is 535 g/mol. The molecule has 6 nitrogen and oxygen atoms in total. The second-order valence-electron chi connectivity index (χ2n) is 11.2. The van der Waals surface area contributed by atoms with Crippen LogP contribution >= 0.6 is 0 Å². The number of rotatable bonds is 8. The number of halogens is 1. The van der Waals surface area contributed by atoms with Gasteiger partial charge in [-0.25, -0.2) is 22.5 Å². The van der Waals surface area contributed by atoms with Gasteiger partial charge in [0, 0.05) is 36.5 Å². The summed E-state index contributed by atoms with van der Waals surface area (Å²) in [5.41, 5.74) is 6.08. The molecule has 3 aliphatic rings. The highest BCUT2D eigenvalue weighted by Gasteiger charge is 2.52. The number of nitrogens with zero attached hydrogens (tertiary/aromatic N) is 2. The van der Waals surface area contributed by atoms with Crippen molar-refractivity contribution in [1.29, 1.82) is 0 Å². The number of sulfonamides is 1. The van der Waals surface area contributed by atoms with Crippen LogP contribution in [0.3, 0.4) is 0 Å². The lowest BCUT2D eigenvalue weighted by atomic mass is 10.0. The summed E-state index contributed by atoms with van der Waals surface area (Å²) in [6, 6.07) is 15.5. The van der Waals surface area contributed by atoms with Crippen molar-refractivity contribution in [3.05, 3.63) is 76.7 Å². The van der Waals surface area contributed by atoms with Crippen molar-refractivity contribution in [3.63, 3.8) is 0 Å². The third-order valence-corrected chi connectivity index (χ3v) is 9.25. The molecule has 0 amide bonds. The Morgan fingerprint density at radius 2 is 2.00 bits per heavy atom. The second-order valence-corrected chi connectivity index (χ2v) is 13.1. The fraction of sp³-hybridized carbons (Fsp3) is 0.433. The van der Waals surface area contributed by atoms with Gasteiger partial charge in [0.1, 0.15) is 24.0 Å². The molecule has 4 atom stereocenters. The summed E-state index contributed by atoms with van der Waals surface area (Å²) in [5, 5.41) is 0. The third-order valence-electron chi connectivity index (χ3n) is 8.56. The number of ether oxygens (including phenoxy) is 1. The maximum Gasteiger partial charge on any atom is 0.208 e. The van der Waals surface area contributed by atoms with E-state index >= 15 is 0 Å². The van der Waals surface area contributed by atoms with Crippen LogP contribution in [0.1, 0.15) is 41.6 Å². The zero-order chi connectivity index (χ0) is 26.6. The molecule has 0 bridgehead atoms. The van der Waals surface area contributed by atoms with Crippen molar-refractivity contribution in [2.75, 3.05) is 30.8 Å². The van der Waals surface area contributed by atoms with E-state index in [1.165, 1.54) is 23.4 Å². The molecule has 0 spiro atoms. The molecule has 8 heteroatoms. The number of nitrogens with one attached hydrogen (secondary N) is 1. The fourth-order valence-electron chi connectivity index (χ4n) is 6.32. The summed E-state index contributed by atoms with van der Waals surface area (Å²) >= 11 is 0. The van der Waals surface area contributed by atoms with Gasteiger partial charge >= 0.3 is 0 Å². The summed E-state index contributed by atoms with van der Waals surface area (Å²) in [6.45, 7) is 6.50. The zero-order valence-corrected chi connectivity index (χ0v) is 22.9. The van der Waals surface area contributed by atoms with Crippen LogP contribution in [0.25, 0.3) is 11.1 Å². The lowest BCUT2D eigenvalue weighted by Gasteiger charge is -2.19. The van der Waals surface area contributed by atoms with Gasteiger partial charge in [-0.1, -0.05) is 19.1 Å². The van der Waals surface area contributed by atoms with Gasteiger partial charge in [0.05, 0.1) is 6.26 Å². The molecule has 2 aliphatic carbocycles. The van der Waals surface area contributed by atoms with Crippen molar-refractivity contribution in [2.45, 2.75) is 39.2 Å². The summed E-state index contributed by atoms with van der Waals surface area (Å²) in [5.74, 6) is 3.96. The van der Waals surface area contributed by atoms with Crippen LogP contribution in [-0.4, -0.2) is 39.3 Å². The van der Waals surface area contributed by atoms with E-state index in [-0.39, 0.29) is 18.3 Å². The van der Waals surface area contributed by atoms with E-state index in [0.717, 1.165) is 72.1 Å². The summed E-state index contributed by atoms with van der Waals surface area (Å²) in [7, 11) is -3.19. The lowest BCUT2D eigenvalue weighted by Crippen LogP contribution is -2.30. The number of fused-ring (bicyclic) bond motifs is 3. The normalized spacial score (nSPS) is 23.8. The van der Waals surface area contributed by atoms with Crippen molar-refractivity contribution in [1.82, 2.24) is 9.71 Å². The number of aryl methyl sites for hydroxylation is 1. The minimum absolute atomic E-state index is 0.170. The molecule has 1 saturated carbocycles. The molecule has 1 N–H and O–H groups in total. The van der Waals surface area contributed by atoms with Gasteiger partial charge in [-0.05, 0) is 96.5 Å². The van der Waals surface area contributed by atoms with Gasteiger partial charge in [0.15, 0.2) is 0 Å². The predicted octanol–water partition coefficient (Wildman–Crippen LogP) is 5.06. The highest BCUT2D eigenvalue weighted by molar-refractivity contribution is 7.88. The Morgan fingerprint density at radius 1 is 1.16 bits per heavy atom. The topological polar surface area (TPSA) is 71.5 Å². The molecule has 0 radical (unpaired) electrons. The Hall–Kier alpha value is -2.97. The van der Waals surface area contributed by atoms with Gasteiger partial charge in [0.25, 0.3) is 0 Å². The van der Waals surface area contributed by atoms with Crippen molar-refractivity contribution >= 4 is 15.8 Å². The van der Waals surface area contributed by atoms with Crippen molar-refractivity contribution in [2.24, 2.45) is 17.8 Å². The predicted molar refractivity (Wildman–Crippen MR) is 147 cm³/mol. The molecule has 1 saturated heterocycles. The first-order chi connectivity index (χ1) is 18.2. The average molecular weight is 536 g/mol. The number of anilines is 1. The first-order valence-corrected chi connectivity index (χ1v) is 15.3. The molecular weight excluding hydrogens is 501 g/mol. The van der Waals surface area contributed by atoms with Crippen molar-refractivity contribution in [3.8, 4) is 16.9 Å². The zero-order valence-electron chi connectivity index (χ0n) is 22.1. The average Bonchev–Trinajstić information content (AvgIpc) is 3.23. The van der Waals surface area contributed by atoms with Crippen LogP contribution in [0.4, 0.5) is 10.2 Å². The van der Waals surface area contributed by atoms with E-state index in [9.17, 15) is 12.8 Å². The van der Waals surface area contributed by atoms with Crippen LogP contribution < -0.4 is 14.4 Å². The standard InChI is InChI=1S/C30H34FN3O3S/c1-18-27-14-22-13-24(5-6-26(22)30(18)27)37-17-23-12-21(4-8-28(23)31)25-7-9-29(33-19(25)2)34-11-10-20(16-34)15-32-38(3,35)36/h4-9,12-13,18,20,27,30,32H,10-11,14-17H2,1-3H3/t18-,20?,27-,30-/m0/s1. The first kappa shape index (κ1) is 25.3. The van der Waals surface area contributed by atoms with E-state index in [0.29, 0.717) is 12.1 Å². The molecule has 2 aromatic carbocycles. The molecule has 2 heterocycles. The van der Waals surface area contributed by atoms with Crippen LogP contribution in [0.5, 0.6) is 5.75 Å². The Kier molecular flexibility index (Phi) is 6.43. The summed E-state index contributed by atoms with van der Waals surface area (Å²) in [6.07, 6.45) is 3.22. The Balaban J connectivity index is 1.13. The number of hydrogen-bond donors (Lipinski definition) is 1. The second kappa shape index (κ2) is 9.65. The highest BCUT2D eigenvalue weighted by Crippen LogP contribution is 2.61. The molecule has 3 aromatic rings. The van der Waals surface area contributed by atoms with Gasteiger partial charge in [-0.15, -0.1) is 0 Å². The van der Waals surface area contributed by atoms with Crippen LogP contribution in [-0.2, 0) is 23.1 Å². The Labute approximate surface area is 224 Å².